The maximum Gasteiger partial charge on any atom is 0.319 e. The number of anilines is 1. The molecule has 4 atom stereocenters. The molecule has 2 bridgehead atoms. The van der Waals surface area contributed by atoms with Crippen LogP contribution in [0, 0.1) is 5.92 Å². The van der Waals surface area contributed by atoms with Crippen LogP contribution in [0.3, 0.4) is 0 Å². The lowest BCUT2D eigenvalue weighted by Crippen LogP contribution is -2.56. The molecule has 2 N–H and O–H groups in total. The Kier molecular flexibility index (Phi) is 6.05. The summed E-state index contributed by atoms with van der Waals surface area (Å²) in [6.45, 7) is 2.77. The Morgan fingerprint density at radius 1 is 1.15 bits per heavy atom. The van der Waals surface area contributed by atoms with Gasteiger partial charge in [0.15, 0.2) is 0 Å². The predicted octanol–water partition coefficient (Wildman–Crippen LogP) is 4.10. The predicted molar refractivity (Wildman–Crippen MR) is 129 cm³/mol. The van der Waals surface area contributed by atoms with Gasteiger partial charge in [-0.3, -0.25) is 9.58 Å². The van der Waals surface area contributed by atoms with Crippen LogP contribution in [-0.2, 0) is 7.05 Å². The highest BCUT2D eigenvalue weighted by molar-refractivity contribution is 5.89. The van der Waals surface area contributed by atoms with Crippen molar-refractivity contribution in [1.82, 2.24) is 20.0 Å². The summed E-state index contributed by atoms with van der Waals surface area (Å²) < 4.78 is 7.22. The molecule has 0 saturated carbocycles. The van der Waals surface area contributed by atoms with Gasteiger partial charge in [0.05, 0.1) is 12.8 Å². The first-order valence-electron chi connectivity index (χ1n) is 11.6. The molecule has 0 aliphatic carbocycles. The van der Waals surface area contributed by atoms with E-state index in [1.54, 1.807) is 7.11 Å². The monoisotopic (exact) mass is 445 g/mol. The molecular formula is C26H31N5O2. The van der Waals surface area contributed by atoms with Crippen molar-refractivity contribution in [3.63, 3.8) is 0 Å². The van der Waals surface area contributed by atoms with Crippen molar-refractivity contribution in [1.29, 1.82) is 0 Å². The number of aryl methyl sites for hydroxylation is 1. The van der Waals surface area contributed by atoms with Crippen molar-refractivity contribution in [3.05, 3.63) is 66.4 Å². The quantitative estimate of drug-likeness (QED) is 0.599. The number of aromatic nitrogens is 2. The van der Waals surface area contributed by atoms with Gasteiger partial charge in [-0.25, -0.2) is 4.79 Å². The Bertz CT molecular complexity index is 1100. The average molecular weight is 446 g/mol. The summed E-state index contributed by atoms with van der Waals surface area (Å²) in [7, 11) is 3.69. The van der Waals surface area contributed by atoms with Gasteiger partial charge >= 0.3 is 6.03 Å². The third kappa shape index (κ3) is 4.59. The highest BCUT2D eigenvalue weighted by Gasteiger charge is 2.41. The van der Waals surface area contributed by atoms with Crippen LogP contribution >= 0.6 is 0 Å². The summed E-state index contributed by atoms with van der Waals surface area (Å²) in [6, 6.07) is 20.2. The number of carbonyl (C=O) groups is 1. The van der Waals surface area contributed by atoms with E-state index in [2.05, 4.69) is 57.6 Å². The molecule has 33 heavy (non-hydrogen) atoms. The highest BCUT2D eigenvalue weighted by Crippen LogP contribution is 2.42. The SMILES string of the molecule is COc1ccc(NC(=O)NC[C@H]2C[C@@H]3CCN2C[C@H]3c2cc(-c3ccccc3)nn2C)cc1. The highest BCUT2D eigenvalue weighted by atomic mass is 16.5. The van der Waals surface area contributed by atoms with Crippen LogP contribution < -0.4 is 15.4 Å². The second-order valence-corrected chi connectivity index (χ2v) is 9.05. The smallest absolute Gasteiger partial charge is 0.319 e. The number of methoxy groups -OCH3 is 1. The summed E-state index contributed by atoms with van der Waals surface area (Å²) in [6.07, 6.45) is 2.30. The Morgan fingerprint density at radius 2 is 1.94 bits per heavy atom. The van der Waals surface area contributed by atoms with E-state index in [4.69, 9.17) is 9.84 Å². The van der Waals surface area contributed by atoms with E-state index in [0.717, 1.165) is 42.2 Å². The lowest BCUT2D eigenvalue weighted by Gasteiger charge is -2.49. The van der Waals surface area contributed by atoms with Crippen LogP contribution in [0.4, 0.5) is 10.5 Å². The first-order valence-corrected chi connectivity index (χ1v) is 11.6. The topological polar surface area (TPSA) is 71.4 Å². The van der Waals surface area contributed by atoms with Crippen molar-refractivity contribution in [2.24, 2.45) is 13.0 Å². The largest absolute Gasteiger partial charge is 0.497 e. The van der Waals surface area contributed by atoms with Gasteiger partial charge in [0, 0.05) is 49.0 Å². The zero-order chi connectivity index (χ0) is 22.8. The molecule has 6 rings (SSSR count). The molecule has 3 saturated heterocycles. The zero-order valence-corrected chi connectivity index (χ0v) is 19.2. The van der Waals surface area contributed by atoms with Gasteiger partial charge in [-0.1, -0.05) is 30.3 Å². The van der Waals surface area contributed by atoms with E-state index in [9.17, 15) is 4.79 Å². The number of nitrogens with zero attached hydrogens (tertiary/aromatic N) is 3. The number of amides is 2. The number of hydrogen-bond acceptors (Lipinski definition) is 4. The van der Waals surface area contributed by atoms with E-state index in [-0.39, 0.29) is 6.03 Å². The summed E-state index contributed by atoms with van der Waals surface area (Å²) >= 11 is 0. The van der Waals surface area contributed by atoms with Gasteiger partial charge in [-0.15, -0.1) is 0 Å². The second-order valence-electron chi connectivity index (χ2n) is 9.05. The molecule has 2 aromatic carbocycles. The summed E-state index contributed by atoms with van der Waals surface area (Å²) in [5, 5.41) is 10.8. The zero-order valence-electron chi connectivity index (χ0n) is 19.2. The fourth-order valence-electron chi connectivity index (χ4n) is 5.32. The lowest BCUT2D eigenvalue weighted by atomic mass is 9.74. The minimum atomic E-state index is -0.168. The molecule has 3 aliphatic rings. The molecule has 3 aromatic rings. The molecule has 4 heterocycles. The van der Waals surface area contributed by atoms with Crippen molar-refractivity contribution in [2.75, 3.05) is 32.1 Å². The average Bonchev–Trinajstić information content (AvgIpc) is 3.25. The first kappa shape index (κ1) is 21.5. The number of carbonyl (C=O) groups excluding carboxylic acids is 1. The second kappa shape index (κ2) is 9.27. The fraction of sp³-hybridized carbons (Fsp3) is 0.385. The normalized spacial score (nSPS) is 23.8. The van der Waals surface area contributed by atoms with E-state index >= 15 is 0 Å². The standard InChI is InChI=1S/C26H31N5O2/c1-30-25(15-24(29-30)18-6-4-3-5-7-18)23-17-31-13-12-19(23)14-21(31)16-27-26(32)28-20-8-10-22(33-2)11-9-20/h3-11,15,19,21,23H,12-14,16-17H2,1-2H3,(H2,27,28,32)/t19-,21+,23+/m0/s1. The van der Waals surface area contributed by atoms with Crippen LogP contribution in [0.15, 0.2) is 60.7 Å². The number of rotatable bonds is 6. The summed E-state index contributed by atoms with van der Waals surface area (Å²) in [4.78, 5) is 14.9. The third-order valence-corrected chi connectivity index (χ3v) is 7.09. The van der Waals surface area contributed by atoms with Crippen molar-refractivity contribution >= 4 is 11.7 Å². The molecule has 7 nitrogen and oxygen atoms in total. The number of fused-ring (bicyclic) bond motifs is 3. The summed E-state index contributed by atoms with van der Waals surface area (Å²) in [5.41, 5.74) is 4.26. The minimum Gasteiger partial charge on any atom is -0.497 e. The van der Waals surface area contributed by atoms with Gasteiger partial charge < -0.3 is 15.4 Å². The Hall–Kier alpha value is -3.32. The number of hydrogen-bond donors (Lipinski definition) is 2. The van der Waals surface area contributed by atoms with Crippen LogP contribution in [0.5, 0.6) is 5.75 Å². The van der Waals surface area contributed by atoms with Crippen molar-refractivity contribution in [2.45, 2.75) is 24.8 Å². The number of benzene rings is 2. The van der Waals surface area contributed by atoms with Crippen LogP contribution in [0.2, 0.25) is 0 Å². The van der Waals surface area contributed by atoms with Crippen molar-refractivity contribution in [3.8, 4) is 17.0 Å². The number of urea groups is 1. The molecule has 1 aromatic heterocycles. The molecule has 3 aliphatic heterocycles. The number of nitrogens with one attached hydrogen (secondary N) is 2. The number of piperidine rings is 3. The Labute approximate surface area is 194 Å². The van der Waals surface area contributed by atoms with Gasteiger partial charge in [0.25, 0.3) is 0 Å². The molecular weight excluding hydrogens is 414 g/mol. The molecule has 3 fully saturated rings. The van der Waals surface area contributed by atoms with E-state index in [1.165, 1.54) is 12.1 Å². The maximum atomic E-state index is 12.4. The van der Waals surface area contributed by atoms with Crippen molar-refractivity contribution < 1.29 is 9.53 Å². The van der Waals surface area contributed by atoms with Crippen LogP contribution in [0.1, 0.15) is 24.5 Å². The molecule has 0 radical (unpaired) electrons. The Balaban J connectivity index is 1.19. The summed E-state index contributed by atoms with van der Waals surface area (Å²) in [5.74, 6) is 1.87. The lowest BCUT2D eigenvalue weighted by molar-refractivity contribution is 0.0296. The fourth-order valence-corrected chi connectivity index (χ4v) is 5.32. The van der Waals surface area contributed by atoms with Gasteiger partial charge in [-0.2, -0.15) is 5.10 Å². The number of ether oxygens (including phenoxy) is 1. The van der Waals surface area contributed by atoms with Gasteiger partial charge in [0.2, 0.25) is 0 Å². The minimum absolute atomic E-state index is 0.168. The molecule has 1 unspecified atom stereocenters. The van der Waals surface area contributed by atoms with Gasteiger partial charge in [0.1, 0.15) is 5.75 Å². The third-order valence-electron chi connectivity index (χ3n) is 7.09. The van der Waals surface area contributed by atoms with E-state index in [0.29, 0.717) is 24.4 Å². The molecule has 2 amide bonds. The molecule has 172 valence electrons. The first-order chi connectivity index (χ1) is 16.1. The van der Waals surface area contributed by atoms with E-state index < -0.39 is 0 Å². The van der Waals surface area contributed by atoms with Crippen LogP contribution in [-0.4, -0.2) is 53.5 Å². The molecule has 0 spiro atoms. The van der Waals surface area contributed by atoms with E-state index in [1.807, 2.05) is 30.3 Å². The molecule has 7 heteroatoms. The van der Waals surface area contributed by atoms with Crippen LogP contribution in [0.25, 0.3) is 11.3 Å². The van der Waals surface area contributed by atoms with Gasteiger partial charge in [-0.05, 0) is 55.6 Å². The maximum absolute atomic E-state index is 12.4. The Morgan fingerprint density at radius 3 is 2.64 bits per heavy atom.